The van der Waals surface area contributed by atoms with E-state index in [2.05, 4.69) is 26.8 Å². The van der Waals surface area contributed by atoms with Gasteiger partial charge in [0.15, 0.2) is 24.3 Å². The third-order valence-electron chi connectivity index (χ3n) is 4.02. The van der Waals surface area contributed by atoms with E-state index in [1.807, 2.05) is 30.3 Å². The van der Waals surface area contributed by atoms with Crippen LogP contribution in [0.1, 0.15) is 6.92 Å². The van der Waals surface area contributed by atoms with Crippen molar-refractivity contribution < 1.29 is 23.5 Å². The van der Waals surface area contributed by atoms with Gasteiger partial charge in [-0.05, 0) is 51.8 Å². The summed E-state index contributed by atoms with van der Waals surface area (Å²) in [4.78, 5) is 24.0. The maximum Gasteiger partial charge on any atom is 0.279 e. The number of hydrogen-bond acceptors (Lipinski definition) is 4. The largest absolute Gasteiger partial charge is 0.483 e. The zero-order valence-electron chi connectivity index (χ0n) is 15.4. The summed E-state index contributed by atoms with van der Waals surface area (Å²) in [6.07, 6.45) is -1.01. The molecule has 2 amide bonds. The number of ether oxygens (including phenoxy) is 2. The first kappa shape index (κ1) is 20.6. The summed E-state index contributed by atoms with van der Waals surface area (Å²) in [6, 6.07) is 17.1. The molecule has 0 aliphatic rings. The zero-order valence-corrected chi connectivity index (χ0v) is 17.0. The van der Waals surface area contributed by atoms with E-state index < -0.39 is 23.7 Å². The van der Waals surface area contributed by atoms with Gasteiger partial charge in [-0.15, -0.1) is 0 Å². The zero-order chi connectivity index (χ0) is 20.8. The third-order valence-corrected chi connectivity index (χ3v) is 4.84. The van der Waals surface area contributed by atoms with E-state index in [4.69, 9.17) is 9.47 Å². The molecule has 3 aromatic rings. The lowest BCUT2D eigenvalue weighted by Gasteiger charge is -2.16. The first-order chi connectivity index (χ1) is 14.0. The Hall–Kier alpha value is -3.13. The molecule has 2 N–H and O–H groups in total. The van der Waals surface area contributed by atoms with Crippen LogP contribution in [0.5, 0.6) is 11.5 Å². The number of rotatable bonds is 6. The highest BCUT2D eigenvalue weighted by Gasteiger charge is 2.17. The molecule has 6 nitrogen and oxygen atoms in total. The van der Waals surface area contributed by atoms with Crippen LogP contribution in [-0.4, -0.2) is 24.5 Å². The van der Waals surface area contributed by atoms with Crippen molar-refractivity contribution in [3.05, 3.63) is 71.0 Å². The molecule has 3 rings (SSSR count). The monoisotopic (exact) mass is 460 g/mol. The van der Waals surface area contributed by atoms with Crippen LogP contribution in [0.25, 0.3) is 10.8 Å². The Bertz CT molecular complexity index is 1040. The minimum Gasteiger partial charge on any atom is -0.483 e. The lowest BCUT2D eigenvalue weighted by atomic mass is 10.1. The summed E-state index contributed by atoms with van der Waals surface area (Å²) >= 11 is 3.48. The van der Waals surface area contributed by atoms with Crippen molar-refractivity contribution in [2.24, 2.45) is 0 Å². The average Bonchev–Trinajstić information content (AvgIpc) is 2.73. The van der Waals surface area contributed by atoms with Crippen molar-refractivity contribution in [2.75, 3.05) is 6.61 Å². The van der Waals surface area contributed by atoms with E-state index in [9.17, 15) is 14.0 Å². The number of carbonyl (C=O) groups excluding carboxylic acids is 2. The summed E-state index contributed by atoms with van der Waals surface area (Å²) in [6.45, 7) is 1.14. The number of halogens is 2. The number of hydrazine groups is 1. The number of hydrogen-bond donors (Lipinski definition) is 2. The fraction of sp³-hybridized carbons (Fsp3) is 0.143. The molecule has 1 atom stereocenters. The Morgan fingerprint density at radius 2 is 1.72 bits per heavy atom. The lowest BCUT2D eigenvalue weighted by Crippen LogP contribution is -2.48. The summed E-state index contributed by atoms with van der Waals surface area (Å²) in [5.74, 6) is -1.32. The molecule has 0 aromatic heterocycles. The van der Waals surface area contributed by atoms with Gasteiger partial charge >= 0.3 is 0 Å². The van der Waals surface area contributed by atoms with E-state index in [0.717, 1.165) is 15.2 Å². The fourth-order valence-electron chi connectivity index (χ4n) is 2.52. The number of benzene rings is 3. The van der Waals surface area contributed by atoms with Crippen LogP contribution in [0.4, 0.5) is 4.39 Å². The number of para-hydroxylation sites is 1. The van der Waals surface area contributed by atoms with E-state index in [1.165, 1.54) is 25.1 Å². The maximum atomic E-state index is 13.6. The smallest absolute Gasteiger partial charge is 0.279 e. The van der Waals surface area contributed by atoms with Crippen molar-refractivity contribution in [1.82, 2.24) is 10.9 Å². The summed E-state index contributed by atoms with van der Waals surface area (Å²) in [5, 5.41) is 1.99. The molecule has 0 bridgehead atoms. The standard InChI is InChI=1S/C21H18BrFN2O4/c1-13(29-17-9-5-4-8-16(17)23)21(27)25-24-19(26)12-28-18-11-10-14-6-2-3-7-15(14)20(18)22/h2-11,13H,12H2,1H3,(H,24,26)(H,25,27). The molecule has 0 heterocycles. The number of amides is 2. The topological polar surface area (TPSA) is 76.7 Å². The van der Waals surface area contributed by atoms with Crippen molar-refractivity contribution in [1.29, 1.82) is 0 Å². The molecule has 0 aliphatic heterocycles. The van der Waals surface area contributed by atoms with Gasteiger partial charge in [-0.1, -0.05) is 42.5 Å². The molecular formula is C21H18BrFN2O4. The third kappa shape index (κ3) is 5.23. The SMILES string of the molecule is CC(Oc1ccccc1F)C(=O)NNC(=O)COc1ccc2ccccc2c1Br. The van der Waals surface area contributed by atoms with Gasteiger partial charge in [0.2, 0.25) is 0 Å². The number of nitrogens with one attached hydrogen (secondary N) is 2. The van der Waals surface area contributed by atoms with Crippen LogP contribution >= 0.6 is 15.9 Å². The summed E-state index contributed by atoms with van der Waals surface area (Å²) < 4.78 is 25.1. The van der Waals surface area contributed by atoms with Crippen LogP contribution in [0.2, 0.25) is 0 Å². The van der Waals surface area contributed by atoms with Crippen molar-refractivity contribution in [3.63, 3.8) is 0 Å². The second-order valence-electron chi connectivity index (χ2n) is 6.12. The van der Waals surface area contributed by atoms with E-state index in [0.29, 0.717) is 5.75 Å². The van der Waals surface area contributed by atoms with E-state index >= 15 is 0 Å². The highest BCUT2D eigenvalue weighted by Crippen LogP contribution is 2.32. The lowest BCUT2D eigenvalue weighted by molar-refractivity contribution is -0.133. The number of carbonyl (C=O) groups is 2. The van der Waals surface area contributed by atoms with Crippen LogP contribution < -0.4 is 20.3 Å². The van der Waals surface area contributed by atoms with Gasteiger partial charge < -0.3 is 9.47 Å². The van der Waals surface area contributed by atoms with Gasteiger partial charge in [0, 0.05) is 0 Å². The van der Waals surface area contributed by atoms with Crippen LogP contribution in [0.15, 0.2) is 65.1 Å². The Balaban J connectivity index is 1.49. The van der Waals surface area contributed by atoms with E-state index in [1.54, 1.807) is 12.1 Å². The molecule has 0 spiro atoms. The Morgan fingerprint density at radius 3 is 2.52 bits per heavy atom. The molecule has 1 unspecified atom stereocenters. The van der Waals surface area contributed by atoms with Gasteiger partial charge in [-0.3, -0.25) is 20.4 Å². The predicted octanol–water partition coefficient (Wildman–Crippen LogP) is 3.74. The van der Waals surface area contributed by atoms with Gasteiger partial charge in [0.05, 0.1) is 4.47 Å². The average molecular weight is 461 g/mol. The Labute approximate surface area is 175 Å². The molecule has 29 heavy (non-hydrogen) atoms. The minimum absolute atomic E-state index is 0.0500. The van der Waals surface area contributed by atoms with Gasteiger partial charge in [-0.25, -0.2) is 4.39 Å². The normalized spacial score (nSPS) is 11.6. The molecule has 3 aromatic carbocycles. The molecule has 150 valence electrons. The Kier molecular flexibility index (Phi) is 6.66. The number of fused-ring (bicyclic) bond motifs is 1. The highest BCUT2D eigenvalue weighted by molar-refractivity contribution is 9.10. The molecule has 0 fully saturated rings. The fourth-order valence-corrected chi connectivity index (χ4v) is 3.13. The Morgan fingerprint density at radius 1 is 1.00 bits per heavy atom. The van der Waals surface area contributed by atoms with Gasteiger partial charge in [0.1, 0.15) is 5.75 Å². The van der Waals surface area contributed by atoms with Gasteiger partial charge in [-0.2, -0.15) is 0 Å². The first-order valence-electron chi connectivity index (χ1n) is 8.75. The summed E-state index contributed by atoms with van der Waals surface area (Å²) in [7, 11) is 0. The van der Waals surface area contributed by atoms with Crippen LogP contribution in [-0.2, 0) is 9.59 Å². The molecule has 8 heteroatoms. The molecule has 0 aliphatic carbocycles. The van der Waals surface area contributed by atoms with Crippen molar-refractivity contribution in [2.45, 2.75) is 13.0 Å². The van der Waals surface area contributed by atoms with Crippen LogP contribution in [0.3, 0.4) is 0 Å². The molecular weight excluding hydrogens is 443 g/mol. The maximum absolute atomic E-state index is 13.6. The molecule has 0 radical (unpaired) electrons. The molecule has 0 saturated heterocycles. The molecule has 0 saturated carbocycles. The second-order valence-corrected chi connectivity index (χ2v) is 6.91. The van der Waals surface area contributed by atoms with Crippen molar-refractivity contribution in [3.8, 4) is 11.5 Å². The summed E-state index contributed by atoms with van der Waals surface area (Å²) in [5.41, 5.74) is 4.46. The first-order valence-corrected chi connectivity index (χ1v) is 9.55. The predicted molar refractivity (Wildman–Crippen MR) is 110 cm³/mol. The van der Waals surface area contributed by atoms with Gasteiger partial charge in [0.25, 0.3) is 11.8 Å². The minimum atomic E-state index is -1.01. The van der Waals surface area contributed by atoms with Crippen molar-refractivity contribution >= 4 is 38.5 Å². The second kappa shape index (κ2) is 9.38. The van der Waals surface area contributed by atoms with E-state index in [-0.39, 0.29) is 12.4 Å². The van der Waals surface area contributed by atoms with Crippen LogP contribution in [0, 0.1) is 5.82 Å². The highest BCUT2D eigenvalue weighted by atomic mass is 79.9. The quantitative estimate of drug-likeness (QED) is 0.549.